The van der Waals surface area contributed by atoms with Crippen LogP contribution in [0.2, 0.25) is 0 Å². The van der Waals surface area contributed by atoms with Gasteiger partial charge in [0.25, 0.3) is 5.91 Å². The molecule has 1 aliphatic carbocycles. The first-order valence-electron chi connectivity index (χ1n) is 9.02. The minimum atomic E-state index is -0.825. The summed E-state index contributed by atoms with van der Waals surface area (Å²) in [5.74, 6) is -0.667. The minimum absolute atomic E-state index is 0.0379. The molecule has 9 heteroatoms. The summed E-state index contributed by atoms with van der Waals surface area (Å²) in [5, 5.41) is 15.8. The number of carbonyl (C=O) groups excluding carboxylic acids is 3. The topological polar surface area (TPSA) is 121 Å². The number of carbonyl (C=O) groups is 3. The van der Waals surface area contributed by atoms with Crippen molar-refractivity contribution in [2.45, 2.75) is 31.4 Å². The van der Waals surface area contributed by atoms with Gasteiger partial charge in [-0.05, 0) is 25.3 Å². The summed E-state index contributed by atoms with van der Waals surface area (Å²) < 4.78 is 5.08. The number of hydrogen-bond acceptors (Lipinski definition) is 6. The average Bonchev–Trinajstić information content (AvgIpc) is 2.89. The number of rotatable bonds is 4. The van der Waals surface area contributed by atoms with Crippen molar-refractivity contribution < 1.29 is 24.2 Å². The molecule has 27 heavy (non-hydrogen) atoms. The van der Waals surface area contributed by atoms with Gasteiger partial charge < -0.3 is 25.4 Å². The van der Waals surface area contributed by atoms with Crippen LogP contribution in [0.4, 0.5) is 0 Å². The van der Waals surface area contributed by atoms with Gasteiger partial charge in [-0.15, -0.1) is 0 Å². The second kappa shape index (κ2) is 8.34. The molecule has 0 radical (unpaired) electrons. The first kappa shape index (κ1) is 19.1. The molecule has 146 valence electrons. The lowest BCUT2D eigenvalue weighted by molar-refractivity contribution is -0.138. The fourth-order valence-corrected chi connectivity index (χ4v) is 3.53. The van der Waals surface area contributed by atoms with E-state index in [0.29, 0.717) is 31.7 Å². The molecule has 3 rings (SSSR count). The van der Waals surface area contributed by atoms with Crippen LogP contribution in [-0.4, -0.2) is 71.6 Å². The number of nitrogens with zero attached hydrogens (tertiary/aromatic N) is 2. The number of aliphatic hydroxyl groups excluding tert-OH is 1. The predicted octanol–water partition coefficient (Wildman–Crippen LogP) is -0.692. The van der Waals surface area contributed by atoms with E-state index in [0.717, 1.165) is 0 Å². The molecule has 3 atom stereocenters. The van der Waals surface area contributed by atoms with Gasteiger partial charge in [-0.3, -0.25) is 19.4 Å². The molecular weight excluding hydrogens is 352 g/mol. The van der Waals surface area contributed by atoms with E-state index in [2.05, 4.69) is 15.6 Å². The van der Waals surface area contributed by atoms with Crippen LogP contribution in [0, 0.1) is 5.92 Å². The van der Waals surface area contributed by atoms with Crippen LogP contribution in [-0.2, 0) is 9.59 Å². The number of ether oxygens (including phenoxy) is 1. The summed E-state index contributed by atoms with van der Waals surface area (Å²) in [5.41, 5.74) is 0.181. The molecule has 1 aromatic rings. The number of aliphatic hydroxyl groups is 1. The second-order valence-corrected chi connectivity index (χ2v) is 6.86. The monoisotopic (exact) mass is 376 g/mol. The summed E-state index contributed by atoms with van der Waals surface area (Å²) in [7, 11) is 1.50. The number of hydrogen-bond donors (Lipinski definition) is 3. The first-order valence-corrected chi connectivity index (χ1v) is 9.02. The summed E-state index contributed by atoms with van der Waals surface area (Å²) >= 11 is 0. The molecule has 3 N–H and O–H groups in total. The van der Waals surface area contributed by atoms with E-state index in [1.54, 1.807) is 6.07 Å². The normalized spacial score (nSPS) is 25.5. The van der Waals surface area contributed by atoms with Gasteiger partial charge in [-0.1, -0.05) is 0 Å². The van der Waals surface area contributed by atoms with E-state index in [4.69, 9.17) is 4.74 Å². The largest absolute Gasteiger partial charge is 0.497 e. The van der Waals surface area contributed by atoms with Crippen molar-refractivity contribution in [1.82, 2.24) is 20.5 Å². The zero-order chi connectivity index (χ0) is 19.4. The molecule has 0 bridgehead atoms. The Labute approximate surface area is 157 Å². The van der Waals surface area contributed by atoms with Crippen LogP contribution in [0.25, 0.3) is 0 Å². The molecule has 1 aromatic heterocycles. The van der Waals surface area contributed by atoms with Crippen molar-refractivity contribution in [3.05, 3.63) is 24.0 Å². The molecule has 3 amide bonds. The van der Waals surface area contributed by atoms with Crippen LogP contribution < -0.4 is 15.4 Å². The van der Waals surface area contributed by atoms with Gasteiger partial charge in [0, 0.05) is 31.3 Å². The molecule has 9 nitrogen and oxygen atoms in total. The fraction of sp³-hybridized carbons (Fsp3) is 0.556. The minimum Gasteiger partial charge on any atom is -0.497 e. The van der Waals surface area contributed by atoms with Crippen LogP contribution in [0.1, 0.15) is 29.8 Å². The van der Waals surface area contributed by atoms with Crippen molar-refractivity contribution in [3.8, 4) is 5.75 Å². The maximum Gasteiger partial charge on any atom is 0.270 e. The smallest absolute Gasteiger partial charge is 0.270 e. The van der Waals surface area contributed by atoms with Crippen molar-refractivity contribution in [1.29, 1.82) is 0 Å². The number of nitrogens with one attached hydrogen (secondary N) is 2. The van der Waals surface area contributed by atoms with E-state index >= 15 is 0 Å². The first-order chi connectivity index (χ1) is 13.0. The SMILES string of the molecule is COc1ccnc(C(=O)N[C@H]2C[C@H](C(=O)N3CCCNC(=O)C3)C[C@@H]2O)c1. The van der Waals surface area contributed by atoms with E-state index < -0.39 is 24.0 Å². The highest BCUT2D eigenvalue weighted by molar-refractivity contribution is 5.93. The lowest BCUT2D eigenvalue weighted by Gasteiger charge is -2.22. The number of aromatic nitrogens is 1. The number of amides is 3. The standard InChI is InChI=1S/C18H24N4O5/c1-27-12-3-5-19-14(9-12)17(25)21-13-7-11(8-15(13)23)18(26)22-6-2-4-20-16(24)10-22/h3,5,9,11,13,15,23H,2,4,6-8,10H2,1H3,(H,20,24)(H,21,25)/t11-,13-,15-/m0/s1. The van der Waals surface area contributed by atoms with Crippen LogP contribution in [0.5, 0.6) is 5.75 Å². The van der Waals surface area contributed by atoms with Crippen molar-refractivity contribution >= 4 is 17.7 Å². The molecule has 0 aromatic carbocycles. The zero-order valence-electron chi connectivity index (χ0n) is 15.2. The summed E-state index contributed by atoms with van der Waals surface area (Å²) in [6.45, 7) is 1.10. The molecule has 1 saturated heterocycles. The Bertz CT molecular complexity index is 725. The lowest BCUT2D eigenvalue weighted by Crippen LogP contribution is -2.41. The lowest BCUT2D eigenvalue weighted by atomic mass is 10.1. The van der Waals surface area contributed by atoms with Gasteiger partial charge >= 0.3 is 0 Å². The third-order valence-corrected chi connectivity index (χ3v) is 4.97. The van der Waals surface area contributed by atoms with Gasteiger partial charge in [-0.25, -0.2) is 0 Å². The van der Waals surface area contributed by atoms with E-state index in [1.165, 1.54) is 24.3 Å². The van der Waals surface area contributed by atoms with E-state index in [1.807, 2.05) is 0 Å². The second-order valence-electron chi connectivity index (χ2n) is 6.86. The Morgan fingerprint density at radius 1 is 1.41 bits per heavy atom. The van der Waals surface area contributed by atoms with Crippen LogP contribution in [0.3, 0.4) is 0 Å². The maximum absolute atomic E-state index is 12.7. The van der Waals surface area contributed by atoms with Crippen molar-refractivity contribution in [2.24, 2.45) is 5.92 Å². The highest BCUT2D eigenvalue weighted by atomic mass is 16.5. The molecule has 0 spiro atoms. The average molecular weight is 376 g/mol. The van der Waals surface area contributed by atoms with Crippen molar-refractivity contribution in [2.75, 3.05) is 26.7 Å². The van der Waals surface area contributed by atoms with Gasteiger partial charge in [0.1, 0.15) is 11.4 Å². The predicted molar refractivity (Wildman–Crippen MR) is 95.0 cm³/mol. The van der Waals surface area contributed by atoms with Crippen LogP contribution >= 0.6 is 0 Å². The molecule has 2 heterocycles. The molecule has 2 aliphatic rings. The third-order valence-electron chi connectivity index (χ3n) is 4.97. The highest BCUT2D eigenvalue weighted by Crippen LogP contribution is 2.28. The number of pyridine rings is 1. The van der Waals surface area contributed by atoms with Crippen LogP contribution in [0.15, 0.2) is 18.3 Å². The zero-order valence-corrected chi connectivity index (χ0v) is 15.2. The van der Waals surface area contributed by atoms with E-state index in [-0.39, 0.29) is 30.5 Å². The Morgan fingerprint density at radius 3 is 3.00 bits per heavy atom. The van der Waals surface area contributed by atoms with Gasteiger partial charge in [0.05, 0.1) is 25.8 Å². The Kier molecular flexibility index (Phi) is 5.90. The van der Waals surface area contributed by atoms with E-state index in [9.17, 15) is 19.5 Å². The molecule has 2 fully saturated rings. The molecule has 0 unspecified atom stereocenters. The fourth-order valence-electron chi connectivity index (χ4n) is 3.53. The Balaban J connectivity index is 1.61. The molecule has 1 saturated carbocycles. The Hall–Kier alpha value is -2.68. The molecular formula is C18H24N4O5. The summed E-state index contributed by atoms with van der Waals surface area (Å²) in [6.07, 6.45) is 1.93. The van der Waals surface area contributed by atoms with Gasteiger partial charge in [-0.2, -0.15) is 0 Å². The Morgan fingerprint density at radius 2 is 2.22 bits per heavy atom. The highest BCUT2D eigenvalue weighted by Gasteiger charge is 2.40. The quantitative estimate of drug-likeness (QED) is 0.640. The van der Waals surface area contributed by atoms with Gasteiger partial charge in [0.2, 0.25) is 11.8 Å². The maximum atomic E-state index is 12.7. The van der Waals surface area contributed by atoms with Gasteiger partial charge in [0.15, 0.2) is 0 Å². The summed E-state index contributed by atoms with van der Waals surface area (Å²) in [6, 6.07) is 2.60. The number of methoxy groups -OCH3 is 1. The summed E-state index contributed by atoms with van der Waals surface area (Å²) in [4.78, 5) is 42.3. The third kappa shape index (κ3) is 4.54. The van der Waals surface area contributed by atoms with Crippen molar-refractivity contribution in [3.63, 3.8) is 0 Å². The molecule has 1 aliphatic heterocycles.